The minimum Gasteiger partial charge on any atom is -0.468 e. The van der Waals surface area contributed by atoms with E-state index in [0.717, 1.165) is 0 Å². The highest BCUT2D eigenvalue weighted by Gasteiger charge is 2.68. The van der Waals surface area contributed by atoms with Crippen molar-refractivity contribution < 1.29 is 9.53 Å². The van der Waals surface area contributed by atoms with Crippen LogP contribution < -0.4 is 0 Å². The van der Waals surface area contributed by atoms with Crippen molar-refractivity contribution in [1.82, 2.24) is 4.90 Å². The minimum atomic E-state index is 0.0162. The summed E-state index contributed by atoms with van der Waals surface area (Å²) in [5.41, 5.74) is 0.202. The molecule has 3 heteroatoms. The van der Waals surface area contributed by atoms with Crippen LogP contribution in [-0.2, 0) is 9.53 Å². The lowest BCUT2D eigenvalue weighted by molar-refractivity contribution is -0.141. The van der Waals surface area contributed by atoms with Gasteiger partial charge >= 0.3 is 5.97 Å². The van der Waals surface area contributed by atoms with Crippen molar-refractivity contribution in [3.8, 4) is 0 Å². The van der Waals surface area contributed by atoms with Crippen LogP contribution in [0.1, 0.15) is 64.2 Å². The molecule has 2 saturated carbocycles. The number of hydrogen-bond donors (Lipinski definition) is 0. The fraction of sp³-hybridized carbons (Fsp3) is 0.933. The summed E-state index contributed by atoms with van der Waals surface area (Å²) in [6.07, 6.45) is 13.0. The van der Waals surface area contributed by atoms with E-state index in [1.807, 2.05) is 0 Å². The highest BCUT2D eigenvalue weighted by atomic mass is 16.5. The summed E-state index contributed by atoms with van der Waals surface area (Å²) in [5.74, 6) is 0.0162. The molecule has 2 aliphatic carbocycles. The van der Waals surface area contributed by atoms with Gasteiger partial charge in [-0.25, -0.2) is 0 Å². The van der Waals surface area contributed by atoms with Crippen LogP contribution in [0.25, 0.3) is 0 Å². The molecule has 0 radical (unpaired) electrons. The van der Waals surface area contributed by atoms with Crippen LogP contribution in [0.2, 0.25) is 0 Å². The first kappa shape index (κ1) is 12.5. The van der Waals surface area contributed by atoms with Gasteiger partial charge in [-0.3, -0.25) is 9.69 Å². The number of rotatable bonds is 2. The molecule has 3 nitrogen and oxygen atoms in total. The molecule has 0 aromatic rings. The summed E-state index contributed by atoms with van der Waals surface area (Å²) in [4.78, 5) is 14.6. The summed E-state index contributed by atoms with van der Waals surface area (Å²) in [5, 5.41) is 0. The molecule has 3 fully saturated rings. The van der Waals surface area contributed by atoms with Gasteiger partial charge in [-0.2, -0.15) is 0 Å². The number of hydrogen-bond acceptors (Lipinski definition) is 3. The molecule has 18 heavy (non-hydrogen) atoms. The molecule has 0 aromatic carbocycles. The molecule has 0 bridgehead atoms. The normalized spacial score (nSPS) is 35.4. The van der Waals surface area contributed by atoms with Gasteiger partial charge in [0.2, 0.25) is 0 Å². The smallest absolute Gasteiger partial charge is 0.325 e. The van der Waals surface area contributed by atoms with Crippen molar-refractivity contribution in [1.29, 1.82) is 0 Å². The van der Waals surface area contributed by atoms with Crippen LogP contribution in [0.4, 0.5) is 0 Å². The Morgan fingerprint density at radius 1 is 1.06 bits per heavy atom. The van der Waals surface area contributed by atoms with Crippen LogP contribution in [0, 0.1) is 0 Å². The van der Waals surface area contributed by atoms with Crippen molar-refractivity contribution in [3.05, 3.63) is 0 Å². The van der Waals surface area contributed by atoms with E-state index in [0.29, 0.717) is 6.04 Å². The van der Waals surface area contributed by atoms with Crippen molar-refractivity contribution in [2.24, 2.45) is 0 Å². The second-order valence-corrected chi connectivity index (χ2v) is 6.29. The Morgan fingerprint density at radius 2 is 1.67 bits per heavy atom. The highest BCUT2D eigenvalue weighted by molar-refractivity contribution is 5.82. The van der Waals surface area contributed by atoms with E-state index < -0.39 is 0 Å². The van der Waals surface area contributed by atoms with Gasteiger partial charge in [0.1, 0.15) is 6.04 Å². The zero-order valence-electron chi connectivity index (χ0n) is 11.5. The molecule has 1 aliphatic heterocycles. The van der Waals surface area contributed by atoms with Gasteiger partial charge in [0, 0.05) is 11.6 Å². The molecule has 2 unspecified atom stereocenters. The van der Waals surface area contributed by atoms with E-state index in [1.165, 1.54) is 71.3 Å². The predicted octanol–water partition coefficient (Wildman–Crippen LogP) is 2.88. The molecular weight excluding hydrogens is 226 g/mol. The van der Waals surface area contributed by atoms with Gasteiger partial charge in [0.05, 0.1) is 7.11 Å². The summed E-state index contributed by atoms with van der Waals surface area (Å²) < 4.78 is 5.04. The van der Waals surface area contributed by atoms with Crippen molar-refractivity contribution >= 4 is 5.97 Å². The van der Waals surface area contributed by atoms with E-state index in [2.05, 4.69) is 4.90 Å². The summed E-state index contributed by atoms with van der Waals surface area (Å²) in [7, 11) is 1.54. The molecule has 102 valence electrons. The number of nitrogens with zero attached hydrogens (tertiary/aromatic N) is 1. The van der Waals surface area contributed by atoms with Crippen LogP contribution in [-0.4, -0.2) is 35.6 Å². The average molecular weight is 251 g/mol. The topological polar surface area (TPSA) is 29.3 Å². The standard InChI is InChI=1S/C15H25NO2/c1-18-14(17)13-15(10-6-3-7-11-15)16(13)12-8-4-2-5-9-12/h12-13H,2-11H2,1H3. The van der Waals surface area contributed by atoms with Gasteiger partial charge in [0.15, 0.2) is 0 Å². The fourth-order valence-electron chi connectivity index (χ4n) is 4.47. The lowest BCUT2D eigenvalue weighted by atomic mass is 9.85. The Kier molecular flexibility index (Phi) is 3.35. The number of carbonyl (C=O) groups is 1. The van der Waals surface area contributed by atoms with Crippen LogP contribution in [0.3, 0.4) is 0 Å². The first-order valence-corrected chi connectivity index (χ1v) is 7.66. The van der Waals surface area contributed by atoms with E-state index in [9.17, 15) is 4.79 Å². The molecular formula is C15H25NO2. The van der Waals surface area contributed by atoms with E-state index in [4.69, 9.17) is 4.74 Å². The molecule has 0 aromatic heterocycles. The summed E-state index contributed by atoms with van der Waals surface area (Å²) in [6, 6.07) is 0.742. The molecule has 0 N–H and O–H groups in total. The van der Waals surface area contributed by atoms with E-state index in [-0.39, 0.29) is 17.6 Å². The van der Waals surface area contributed by atoms with Gasteiger partial charge < -0.3 is 4.74 Å². The molecule has 1 heterocycles. The van der Waals surface area contributed by atoms with Crippen LogP contribution in [0.5, 0.6) is 0 Å². The second kappa shape index (κ2) is 4.84. The molecule has 3 rings (SSSR count). The monoisotopic (exact) mass is 251 g/mol. The zero-order valence-corrected chi connectivity index (χ0v) is 11.5. The molecule has 3 aliphatic rings. The number of methoxy groups -OCH3 is 1. The summed E-state index contributed by atoms with van der Waals surface area (Å²) in [6.45, 7) is 0. The fourth-order valence-corrected chi connectivity index (χ4v) is 4.47. The Bertz CT molecular complexity index is 316. The largest absolute Gasteiger partial charge is 0.468 e. The van der Waals surface area contributed by atoms with Crippen LogP contribution >= 0.6 is 0 Å². The lowest BCUT2D eigenvalue weighted by Crippen LogP contribution is -2.30. The molecule has 1 saturated heterocycles. The number of ether oxygens (including phenoxy) is 1. The summed E-state index contributed by atoms with van der Waals surface area (Å²) >= 11 is 0. The predicted molar refractivity (Wildman–Crippen MR) is 70.3 cm³/mol. The minimum absolute atomic E-state index is 0.0162. The van der Waals surface area contributed by atoms with Gasteiger partial charge in [0.25, 0.3) is 0 Å². The Morgan fingerprint density at radius 3 is 2.28 bits per heavy atom. The Balaban J connectivity index is 1.76. The number of carbonyl (C=O) groups excluding carboxylic acids is 1. The first-order chi connectivity index (χ1) is 8.79. The van der Waals surface area contributed by atoms with Gasteiger partial charge in [-0.1, -0.05) is 38.5 Å². The highest BCUT2D eigenvalue weighted by Crippen LogP contribution is 2.54. The Labute approximate surface area is 110 Å². The van der Waals surface area contributed by atoms with Crippen LogP contribution in [0.15, 0.2) is 0 Å². The third kappa shape index (κ3) is 1.87. The lowest BCUT2D eigenvalue weighted by Gasteiger charge is -2.29. The van der Waals surface area contributed by atoms with Gasteiger partial charge in [-0.15, -0.1) is 0 Å². The van der Waals surface area contributed by atoms with E-state index >= 15 is 0 Å². The maximum absolute atomic E-state index is 12.0. The average Bonchev–Trinajstić information content (AvgIpc) is 3.07. The zero-order chi connectivity index (χ0) is 12.6. The van der Waals surface area contributed by atoms with Crippen molar-refractivity contribution in [2.75, 3.05) is 7.11 Å². The quantitative estimate of drug-likeness (QED) is 0.558. The molecule has 1 spiro atoms. The number of esters is 1. The third-order valence-electron chi connectivity index (χ3n) is 5.35. The third-order valence-corrected chi connectivity index (χ3v) is 5.35. The maximum Gasteiger partial charge on any atom is 0.325 e. The van der Waals surface area contributed by atoms with Crippen molar-refractivity contribution in [2.45, 2.75) is 81.8 Å². The van der Waals surface area contributed by atoms with Crippen molar-refractivity contribution in [3.63, 3.8) is 0 Å². The SMILES string of the molecule is COC(=O)C1N(C2CCCCC2)C12CCCCC2. The second-order valence-electron chi connectivity index (χ2n) is 6.29. The first-order valence-electron chi connectivity index (χ1n) is 7.66. The maximum atomic E-state index is 12.0. The molecule has 0 amide bonds. The van der Waals surface area contributed by atoms with E-state index in [1.54, 1.807) is 0 Å². The molecule has 2 atom stereocenters. The van der Waals surface area contributed by atoms with Gasteiger partial charge in [-0.05, 0) is 25.7 Å². The Hall–Kier alpha value is -0.570.